The van der Waals surface area contributed by atoms with Crippen molar-refractivity contribution in [2.45, 2.75) is 32.1 Å². The van der Waals surface area contributed by atoms with Crippen molar-refractivity contribution in [3.63, 3.8) is 0 Å². The van der Waals surface area contributed by atoms with Gasteiger partial charge in [-0.15, -0.1) is 0 Å². The second kappa shape index (κ2) is 5.36. The van der Waals surface area contributed by atoms with Gasteiger partial charge in [0, 0.05) is 11.5 Å². The van der Waals surface area contributed by atoms with Crippen molar-refractivity contribution in [3.05, 3.63) is 34.5 Å². The summed E-state index contributed by atoms with van der Waals surface area (Å²) in [5, 5.41) is 15.3. The van der Waals surface area contributed by atoms with Gasteiger partial charge in [0.1, 0.15) is 22.5 Å². The van der Waals surface area contributed by atoms with Gasteiger partial charge < -0.3 is 4.74 Å². The molecule has 1 aliphatic rings. The molecule has 1 fully saturated rings. The smallest absolute Gasteiger partial charge is 0.214 e. The van der Waals surface area contributed by atoms with E-state index >= 15 is 0 Å². The molecule has 0 unspecified atom stereocenters. The third-order valence-corrected chi connectivity index (χ3v) is 5.52. The maximum Gasteiger partial charge on any atom is 0.214 e. The van der Waals surface area contributed by atoms with Gasteiger partial charge in [-0.05, 0) is 43.5 Å². The summed E-state index contributed by atoms with van der Waals surface area (Å²) in [6.07, 6.45) is 3.67. The number of nitriles is 1. The Morgan fingerprint density at radius 3 is 2.83 bits per heavy atom. The lowest BCUT2D eigenvalue weighted by Crippen LogP contribution is -2.08. The fraction of sp³-hybridized carbons (Fsp3) is 0.353. The summed E-state index contributed by atoms with van der Waals surface area (Å²) in [5.41, 5.74) is 3.14. The minimum atomic E-state index is 0.506. The Morgan fingerprint density at radius 2 is 2.22 bits per heavy atom. The second-order valence-corrected chi connectivity index (χ2v) is 6.86. The highest BCUT2D eigenvalue weighted by molar-refractivity contribution is 7.16. The summed E-state index contributed by atoms with van der Waals surface area (Å²) in [4.78, 5) is 5.47. The lowest BCUT2D eigenvalue weighted by Gasteiger charge is -2.21. The summed E-state index contributed by atoms with van der Waals surface area (Å²) in [5.74, 6) is 1.39. The Bertz CT molecular complexity index is 930. The number of hydrogen-bond acceptors (Lipinski definition) is 5. The first-order valence-electron chi connectivity index (χ1n) is 7.66. The molecule has 0 amide bonds. The maximum absolute atomic E-state index is 9.58. The zero-order valence-electron chi connectivity index (χ0n) is 13.0. The largest absolute Gasteiger partial charge is 0.496 e. The fourth-order valence-electron chi connectivity index (χ4n) is 2.91. The molecule has 0 radical (unpaired) electrons. The van der Waals surface area contributed by atoms with E-state index in [0.717, 1.165) is 26.8 Å². The van der Waals surface area contributed by atoms with Gasteiger partial charge >= 0.3 is 0 Å². The number of ether oxygens (including phenoxy) is 1. The molecule has 4 rings (SSSR count). The van der Waals surface area contributed by atoms with E-state index in [1.165, 1.54) is 19.3 Å². The van der Waals surface area contributed by atoms with Crippen molar-refractivity contribution < 1.29 is 4.74 Å². The van der Waals surface area contributed by atoms with E-state index in [1.807, 2.05) is 25.1 Å². The molecule has 6 heteroatoms. The zero-order valence-corrected chi connectivity index (χ0v) is 13.9. The molecule has 5 nitrogen and oxygen atoms in total. The van der Waals surface area contributed by atoms with E-state index in [2.05, 4.69) is 16.2 Å². The first kappa shape index (κ1) is 14.2. The predicted molar refractivity (Wildman–Crippen MR) is 88.9 cm³/mol. The van der Waals surface area contributed by atoms with E-state index in [0.29, 0.717) is 17.3 Å². The topological polar surface area (TPSA) is 63.2 Å². The van der Waals surface area contributed by atoms with Crippen LogP contribution in [0.3, 0.4) is 0 Å². The van der Waals surface area contributed by atoms with Gasteiger partial charge in [0.25, 0.3) is 0 Å². The van der Waals surface area contributed by atoms with E-state index in [9.17, 15) is 5.26 Å². The minimum Gasteiger partial charge on any atom is -0.496 e. The third-order valence-electron chi connectivity index (χ3n) is 4.45. The van der Waals surface area contributed by atoms with Crippen LogP contribution in [0, 0.1) is 18.3 Å². The first-order valence-corrected chi connectivity index (χ1v) is 8.47. The zero-order chi connectivity index (χ0) is 16.0. The van der Waals surface area contributed by atoms with Crippen molar-refractivity contribution in [3.8, 4) is 23.1 Å². The minimum absolute atomic E-state index is 0.506. The lowest BCUT2D eigenvalue weighted by atomic mass is 9.86. The van der Waals surface area contributed by atoms with E-state index < -0.39 is 0 Å². The molecule has 2 heterocycles. The van der Waals surface area contributed by atoms with Crippen molar-refractivity contribution in [1.82, 2.24) is 14.6 Å². The second-order valence-electron chi connectivity index (χ2n) is 5.87. The molecule has 0 spiro atoms. The molecule has 0 bridgehead atoms. The molecule has 23 heavy (non-hydrogen) atoms. The first-order chi connectivity index (χ1) is 11.2. The van der Waals surface area contributed by atoms with Crippen LogP contribution >= 0.6 is 11.3 Å². The Kier molecular flexibility index (Phi) is 3.31. The average molecular weight is 324 g/mol. The molecule has 3 aromatic rings. The highest BCUT2D eigenvalue weighted by atomic mass is 32.1. The number of rotatable bonds is 3. The van der Waals surface area contributed by atoms with Crippen LogP contribution in [0.4, 0.5) is 0 Å². The van der Waals surface area contributed by atoms with Crippen LogP contribution < -0.4 is 4.74 Å². The SMILES string of the molecule is COc1ccc(-c2nc3sc(C4CCC4)nn3c2C#N)cc1C. The van der Waals surface area contributed by atoms with E-state index in [4.69, 9.17) is 4.74 Å². The van der Waals surface area contributed by atoms with Crippen molar-refractivity contribution >= 4 is 16.3 Å². The summed E-state index contributed by atoms with van der Waals surface area (Å²) >= 11 is 1.60. The standard InChI is InChI=1S/C17H16N4OS/c1-10-8-12(6-7-14(10)22-2)15-13(9-18)21-17(19-15)23-16(20-21)11-4-3-5-11/h6-8,11H,3-5H2,1-2H3. The maximum atomic E-state index is 9.58. The van der Waals surface area contributed by atoms with Crippen molar-refractivity contribution in [2.75, 3.05) is 7.11 Å². The summed E-state index contributed by atoms with van der Waals surface area (Å²) in [6, 6.07) is 8.11. The van der Waals surface area contributed by atoms with Gasteiger partial charge in [-0.3, -0.25) is 0 Å². The molecule has 0 N–H and O–H groups in total. The van der Waals surface area contributed by atoms with Crippen LogP contribution in [0.1, 0.15) is 41.4 Å². The van der Waals surface area contributed by atoms with E-state index in [-0.39, 0.29) is 0 Å². The van der Waals surface area contributed by atoms with Crippen LogP contribution in [-0.2, 0) is 0 Å². The molecule has 1 aromatic carbocycles. The van der Waals surface area contributed by atoms with Gasteiger partial charge in [0.05, 0.1) is 7.11 Å². The molecular weight excluding hydrogens is 308 g/mol. The molecule has 1 aliphatic carbocycles. The molecular formula is C17H16N4OS. The predicted octanol–water partition coefficient (Wildman–Crippen LogP) is 3.91. The molecule has 116 valence electrons. The number of imidazole rings is 1. The Hall–Kier alpha value is -2.39. The van der Waals surface area contributed by atoms with Gasteiger partial charge in [-0.1, -0.05) is 17.8 Å². The quantitative estimate of drug-likeness (QED) is 0.732. The third kappa shape index (κ3) is 2.20. The number of nitrogens with zero attached hydrogens (tertiary/aromatic N) is 4. The van der Waals surface area contributed by atoms with Crippen LogP contribution in [-0.4, -0.2) is 21.7 Å². The Labute approximate surface area is 138 Å². The monoisotopic (exact) mass is 324 g/mol. The molecule has 1 saturated carbocycles. The molecule has 0 aliphatic heterocycles. The van der Waals surface area contributed by atoms with E-state index in [1.54, 1.807) is 23.0 Å². The number of aromatic nitrogens is 3. The van der Waals surface area contributed by atoms with Crippen LogP contribution in [0.5, 0.6) is 5.75 Å². The summed E-state index contributed by atoms with van der Waals surface area (Å²) < 4.78 is 7.00. The highest BCUT2D eigenvalue weighted by Crippen LogP contribution is 2.39. The van der Waals surface area contributed by atoms with Crippen LogP contribution in [0.25, 0.3) is 16.2 Å². The molecule has 0 saturated heterocycles. The van der Waals surface area contributed by atoms with Crippen molar-refractivity contribution in [1.29, 1.82) is 5.26 Å². The van der Waals surface area contributed by atoms with Gasteiger partial charge in [0.15, 0.2) is 5.69 Å². The molecule has 0 atom stereocenters. The van der Waals surface area contributed by atoms with Gasteiger partial charge in [-0.25, -0.2) is 4.98 Å². The fourth-order valence-corrected chi connectivity index (χ4v) is 3.98. The summed E-state index contributed by atoms with van der Waals surface area (Å²) in [6.45, 7) is 1.99. The van der Waals surface area contributed by atoms with Crippen molar-refractivity contribution in [2.24, 2.45) is 0 Å². The van der Waals surface area contributed by atoms with Crippen LogP contribution in [0.2, 0.25) is 0 Å². The summed E-state index contributed by atoms with van der Waals surface area (Å²) in [7, 11) is 1.65. The highest BCUT2D eigenvalue weighted by Gasteiger charge is 2.26. The number of benzene rings is 1. The average Bonchev–Trinajstić information content (AvgIpc) is 3.02. The van der Waals surface area contributed by atoms with Gasteiger partial charge in [-0.2, -0.15) is 14.9 Å². The number of fused-ring (bicyclic) bond motifs is 1. The lowest BCUT2D eigenvalue weighted by molar-refractivity contribution is 0.412. The Balaban J connectivity index is 1.82. The number of hydrogen-bond donors (Lipinski definition) is 0. The molecule has 2 aromatic heterocycles. The van der Waals surface area contributed by atoms with Gasteiger partial charge in [0.2, 0.25) is 4.96 Å². The van der Waals surface area contributed by atoms with Crippen LogP contribution in [0.15, 0.2) is 18.2 Å². The number of aryl methyl sites for hydroxylation is 1. The Morgan fingerprint density at radius 1 is 1.39 bits per heavy atom. The normalized spacial score (nSPS) is 14.7. The number of methoxy groups -OCH3 is 1.